The average Bonchev–Trinajstić information content (AvgIpc) is 2.93. The summed E-state index contributed by atoms with van der Waals surface area (Å²) < 4.78 is 6.83. The maximum absolute atomic E-state index is 12.3. The summed E-state index contributed by atoms with van der Waals surface area (Å²) in [4.78, 5) is 16.5. The molecule has 1 unspecified atom stereocenters. The maximum Gasteiger partial charge on any atom is 0.410 e. The molecule has 2 heterocycles. The lowest BCUT2D eigenvalue weighted by atomic mass is 10.1. The lowest BCUT2D eigenvalue weighted by Crippen LogP contribution is -2.55. The number of rotatable bonds is 1. The molecule has 2 aromatic rings. The molecule has 5 heteroatoms. The van der Waals surface area contributed by atoms with Crippen molar-refractivity contribution in [3.05, 3.63) is 29.6 Å². The molecule has 0 spiro atoms. The van der Waals surface area contributed by atoms with Gasteiger partial charge in [-0.15, -0.1) is 11.3 Å². The Bertz CT molecular complexity index is 704. The summed E-state index contributed by atoms with van der Waals surface area (Å²) >= 11 is 1.77. The van der Waals surface area contributed by atoms with Crippen LogP contribution in [0.5, 0.6) is 0 Å². The Morgan fingerprint density at radius 3 is 2.74 bits per heavy atom. The smallest absolute Gasteiger partial charge is 0.410 e. The summed E-state index contributed by atoms with van der Waals surface area (Å²) in [7, 11) is 0. The predicted molar refractivity (Wildman–Crippen MR) is 96.4 cm³/mol. The second kappa shape index (κ2) is 6.04. The molecular weight excluding hydrogens is 308 g/mol. The molecule has 1 aliphatic rings. The molecule has 0 saturated carbocycles. The van der Waals surface area contributed by atoms with Gasteiger partial charge in [0.25, 0.3) is 0 Å². The van der Waals surface area contributed by atoms with Crippen LogP contribution in [0.25, 0.3) is 10.1 Å². The summed E-state index contributed by atoms with van der Waals surface area (Å²) in [5, 5.41) is 3.43. The van der Waals surface area contributed by atoms with Crippen molar-refractivity contribution in [2.75, 3.05) is 24.5 Å². The number of ether oxygens (including phenoxy) is 1. The third-order valence-corrected chi connectivity index (χ3v) is 4.95. The Labute approximate surface area is 141 Å². The summed E-state index contributed by atoms with van der Waals surface area (Å²) in [6.07, 6.45) is -0.210. The third kappa shape index (κ3) is 3.44. The number of amides is 1. The molecule has 0 aliphatic carbocycles. The SMILES string of the molecule is CC1CN(c2cccc3sccc23)CCN1C(=O)OC(C)(C)C. The van der Waals surface area contributed by atoms with Crippen molar-refractivity contribution in [2.45, 2.75) is 39.3 Å². The van der Waals surface area contributed by atoms with E-state index in [9.17, 15) is 4.79 Å². The number of thiophene rings is 1. The zero-order chi connectivity index (χ0) is 16.6. The van der Waals surface area contributed by atoms with Crippen LogP contribution >= 0.6 is 11.3 Å². The Hall–Kier alpha value is -1.75. The molecule has 0 radical (unpaired) electrons. The Balaban J connectivity index is 1.74. The number of carbonyl (C=O) groups is 1. The van der Waals surface area contributed by atoms with Crippen molar-refractivity contribution in [3.63, 3.8) is 0 Å². The first-order chi connectivity index (χ1) is 10.8. The van der Waals surface area contributed by atoms with E-state index in [1.54, 1.807) is 11.3 Å². The Morgan fingerprint density at radius 1 is 1.26 bits per heavy atom. The first-order valence-electron chi connectivity index (χ1n) is 8.06. The van der Waals surface area contributed by atoms with E-state index < -0.39 is 5.60 Å². The van der Waals surface area contributed by atoms with Gasteiger partial charge in [0, 0.05) is 41.4 Å². The minimum absolute atomic E-state index is 0.132. The van der Waals surface area contributed by atoms with E-state index in [1.807, 2.05) is 25.7 Å². The molecule has 1 atom stereocenters. The molecule has 4 nitrogen and oxygen atoms in total. The topological polar surface area (TPSA) is 32.8 Å². The van der Waals surface area contributed by atoms with Crippen LogP contribution in [-0.4, -0.2) is 42.3 Å². The van der Waals surface area contributed by atoms with E-state index in [1.165, 1.54) is 15.8 Å². The van der Waals surface area contributed by atoms with Gasteiger partial charge in [0.15, 0.2) is 0 Å². The fraction of sp³-hybridized carbons (Fsp3) is 0.500. The largest absolute Gasteiger partial charge is 0.444 e. The van der Waals surface area contributed by atoms with Crippen LogP contribution in [0.15, 0.2) is 29.6 Å². The van der Waals surface area contributed by atoms with Crippen LogP contribution in [0.4, 0.5) is 10.5 Å². The summed E-state index contributed by atoms with van der Waals surface area (Å²) in [6, 6.07) is 8.75. The van der Waals surface area contributed by atoms with E-state index in [-0.39, 0.29) is 12.1 Å². The quantitative estimate of drug-likeness (QED) is 0.778. The van der Waals surface area contributed by atoms with E-state index >= 15 is 0 Å². The van der Waals surface area contributed by atoms with Crippen LogP contribution in [0.3, 0.4) is 0 Å². The van der Waals surface area contributed by atoms with Crippen LogP contribution in [0, 0.1) is 0 Å². The van der Waals surface area contributed by atoms with E-state index in [0.29, 0.717) is 6.54 Å². The Kier molecular flexibility index (Phi) is 4.23. The zero-order valence-corrected chi connectivity index (χ0v) is 15.0. The fourth-order valence-corrected chi connectivity index (χ4v) is 3.83. The third-order valence-electron chi connectivity index (χ3n) is 4.07. The zero-order valence-electron chi connectivity index (χ0n) is 14.2. The molecule has 1 amide bonds. The highest BCUT2D eigenvalue weighted by Crippen LogP contribution is 2.32. The first kappa shape index (κ1) is 16.1. The van der Waals surface area contributed by atoms with Crippen molar-refractivity contribution < 1.29 is 9.53 Å². The number of hydrogen-bond donors (Lipinski definition) is 0. The van der Waals surface area contributed by atoms with Crippen LogP contribution in [0.2, 0.25) is 0 Å². The van der Waals surface area contributed by atoms with Crippen LogP contribution in [0.1, 0.15) is 27.7 Å². The van der Waals surface area contributed by atoms with E-state index in [0.717, 1.165) is 13.1 Å². The number of benzene rings is 1. The molecule has 1 fully saturated rings. The molecule has 124 valence electrons. The average molecular weight is 332 g/mol. The molecule has 1 aliphatic heterocycles. The maximum atomic E-state index is 12.3. The van der Waals surface area contributed by atoms with Gasteiger partial charge >= 0.3 is 6.09 Å². The van der Waals surface area contributed by atoms with Gasteiger partial charge in [0.2, 0.25) is 0 Å². The van der Waals surface area contributed by atoms with Crippen molar-refractivity contribution in [1.82, 2.24) is 4.90 Å². The number of anilines is 1. The van der Waals surface area contributed by atoms with Crippen LogP contribution in [-0.2, 0) is 4.74 Å². The van der Waals surface area contributed by atoms with Crippen molar-refractivity contribution >= 4 is 33.2 Å². The lowest BCUT2D eigenvalue weighted by molar-refractivity contribution is 0.0159. The molecule has 0 bridgehead atoms. The van der Waals surface area contributed by atoms with Gasteiger partial charge in [-0.05, 0) is 51.3 Å². The predicted octanol–water partition coefficient (Wildman–Crippen LogP) is 4.35. The normalized spacial score (nSPS) is 19.2. The number of fused-ring (bicyclic) bond motifs is 1. The highest BCUT2D eigenvalue weighted by molar-refractivity contribution is 7.17. The molecule has 1 saturated heterocycles. The highest BCUT2D eigenvalue weighted by atomic mass is 32.1. The minimum Gasteiger partial charge on any atom is -0.444 e. The van der Waals surface area contributed by atoms with Gasteiger partial charge in [-0.3, -0.25) is 0 Å². The molecule has 1 aromatic carbocycles. The summed E-state index contributed by atoms with van der Waals surface area (Å²) in [5.74, 6) is 0. The molecular formula is C18H24N2O2S. The summed E-state index contributed by atoms with van der Waals surface area (Å²) in [5.41, 5.74) is 0.815. The molecule has 0 N–H and O–H groups in total. The van der Waals surface area contributed by atoms with Gasteiger partial charge in [-0.2, -0.15) is 0 Å². The lowest BCUT2D eigenvalue weighted by Gasteiger charge is -2.41. The molecule has 1 aromatic heterocycles. The van der Waals surface area contributed by atoms with Gasteiger partial charge < -0.3 is 14.5 Å². The highest BCUT2D eigenvalue weighted by Gasteiger charge is 2.31. The van der Waals surface area contributed by atoms with Crippen molar-refractivity contribution in [2.24, 2.45) is 0 Å². The molecule has 23 heavy (non-hydrogen) atoms. The number of carbonyl (C=O) groups excluding carboxylic acids is 1. The number of hydrogen-bond acceptors (Lipinski definition) is 4. The molecule has 3 rings (SSSR count). The van der Waals surface area contributed by atoms with Crippen molar-refractivity contribution in [1.29, 1.82) is 0 Å². The fourth-order valence-electron chi connectivity index (χ4n) is 3.02. The van der Waals surface area contributed by atoms with E-state index in [2.05, 4.69) is 41.5 Å². The van der Waals surface area contributed by atoms with Gasteiger partial charge in [-0.25, -0.2) is 4.79 Å². The second-order valence-electron chi connectivity index (χ2n) is 7.08. The standard InChI is InChI=1S/C18H24N2O2S/c1-13-12-19(9-10-20(13)17(21)22-18(2,3)4)15-6-5-7-16-14(15)8-11-23-16/h5-8,11,13H,9-10,12H2,1-4H3. The van der Waals surface area contributed by atoms with E-state index in [4.69, 9.17) is 4.74 Å². The second-order valence-corrected chi connectivity index (χ2v) is 8.03. The van der Waals surface area contributed by atoms with Gasteiger partial charge in [0.05, 0.1) is 0 Å². The van der Waals surface area contributed by atoms with Gasteiger partial charge in [0.1, 0.15) is 5.60 Å². The number of nitrogens with zero attached hydrogens (tertiary/aromatic N) is 2. The monoisotopic (exact) mass is 332 g/mol. The summed E-state index contributed by atoms with van der Waals surface area (Å²) in [6.45, 7) is 10.2. The van der Waals surface area contributed by atoms with Gasteiger partial charge in [-0.1, -0.05) is 6.07 Å². The minimum atomic E-state index is -0.448. The first-order valence-corrected chi connectivity index (χ1v) is 8.94. The Morgan fingerprint density at radius 2 is 2.04 bits per heavy atom. The van der Waals surface area contributed by atoms with Crippen LogP contribution < -0.4 is 4.90 Å². The number of piperazine rings is 1. The van der Waals surface area contributed by atoms with Crippen molar-refractivity contribution in [3.8, 4) is 0 Å².